The van der Waals surface area contributed by atoms with Crippen molar-refractivity contribution in [1.29, 1.82) is 0 Å². The van der Waals surface area contributed by atoms with E-state index in [1.165, 1.54) is 7.11 Å². The maximum absolute atomic E-state index is 12.2. The molecule has 0 aromatic carbocycles. The second kappa shape index (κ2) is 9.89. The first kappa shape index (κ1) is 19.9. The van der Waals surface area contributed by atoms with Crippen LogP contribution in [-0.2, 0) is 33.4 Å². The van der Waals surface area contributed by atoms with E-state index in [1.807, 2.05) is 0 Å². The van der Waals surface area contributed by atoms with Gasteiger partial charge < -0.3 is 19.5 Å². The van der Waals surface area contributed by atoms with Crippen molar-refractivity contribution in [3.05, 3.63) is 0 Å². The molecule has 0 heterocycles. The van der Waals surface area contributed by atoms with E-state index >= 15 is 0 Å². The third-order valence-corrected chi connectivity index (χ3v) is 4.24. The molecule has 1 aliphatic rings. The molecule has 136 valence electrons. The summed E-state index contributed by atoms with van der Waals surface area (Å²) >= 11 is 0. The Balaban J connectivity index is 2.85. The number of hydrogen-bond donors (Lipinski definition) is 1. The van der Waals surface area contributed by atoms with Crippen molar-refractivity contribution in [1.82, 2.24) is 5.32 Å². The smallest absolute Gasteiger partial charge is 0.329 e. The van der Waals surface area contributed by atoms with Crippen LogP contribution in [0.25, 0.3) is 0 Å². The summed E-state index contributed by atoms with van der Waals surface area (Å²) in [5, 5.41) is 2.52. The molecule has 0 aliphatic heterocycles. The first-order valence-corrected chi connectivity index (χ1v) is 7.94. The first-order chi connectivity index (χ1) is 11.4. The van der Waals surface area contributed by atoms with Crippen LogP contribution in [0.15, 0.2) is 0 Å². The Hall–Kier alpha value is -2.12. The summed E-state index contributed by atoms with van der Waals surface area (Å²) in [7, 11) is 3.45. The van der Waals surface area contributed by atoms with Gasteiger partial charge in [0, 0.05) is 6.42 Å². The summed E-state index contributed by atoms with van der Waals surface area (Å²) in [6, 6.07) is -1.30. The van der Waals surface area contributed by atoms with E-state index in [0.717, 1.165) is 39.9 Å². The Morgan fingerprint density at radius 1 is 0.958 bits per heavy atom. The van der Waals surface area contributed by atoms with Crippen LogP contribution in [-0.4, -0.2) is 51.2 Å². The Labute approximate surface area is 141 Å². The van der Waals surface area contributed by atoms with Gasteiger partial charge in [-0.2, -0.15) is 0 Å². The minimum atomic E-state index is -1.30. The van der Waals surface area contributed by atoms with Gasteiger partial charge in [0.25, 0.3) is 0 Å². The lowest BCUT2D eigenvalue weighted by atomic mass is 9.95. The number of carbonyl (C=O) groups excluding carboxylic acids is 4. The molecule has 8 heteroatoms. The maximum atomic E-state index is 12.2. The molecule has 0 bridgehead atoms. The van der Waals surface area contributed by atoms with Gasteiger partial charge in [-0.15, -0.1) is 0 Å². The molecule has 0 aromatic heterocycles. The van der Waals surface area contributed by atoms with Gasteiger partial charge in [0.05, 0.1) is 33.7 Å². The van der Waals surface area contributed by atoms with Crippen LogP contribution in [0.3, 0.4) is 0 Å². The molecule has 0 radical (unpaired) electrons. The highest BCUT2D eigenvalue weighted by molar-refractivity contribution is 5.91. The standard InChI is InChI=1S/C16H25NO7/c1-22-13(19)9-11(15(20)23-2)14(16(21)24-3)17-12(18)8-10-6-4-5-7-10/h10-11,14H,4-9H2,1-3H3,(H,17,18)/t11-,14-/m0/s1. The monoisotopic (exact) mass is 343 g/mol. The highest BCUT2D eigenvalue weighted by atomic mass is 16.5. The normalized spacial score (nSPS) is 16.8. The predicted molar refractivity (Wildman–Crippen MR) is 82.7 cm³/mol. The van der Waals surface area contributed by atoms with Crippen molar-refractivity contribution in [3.8, 4) is 0 Å². The van der Waals surface area contributed by atoms with Gasteiger partial charge in [0.2, 0.25) is 5.91 Å². The van der Waals surface area contributed by atoms with Crippen LogP contribution < -0.4 is 5.32 Å². The van der Waals surface area contributed by atoms with Crippen molar-refractivity contribution < 1.29 is 33.4 Å². The van der Waals surface area contributed by atoms with Crippen LogP contribution in [0.5, 0.6) is 0 Å². The molecule has 0 spiro atoms. The highest BCUT2D eigenvalue weighted by Gasteiger charge is 2.38. The molecule has 1 saturated carbocycles. The molecule has 0 saturated heterocycles. The summed E-state index contributed by atoms with van der Waals surface area (Å²) in [5.41, 5.74) is 0. The topological polar surface area (TPSA) is 108 Å². The summed E-state index contributed by atoms with van der Waals surface area (Å²) in [6.45, 7) is 0. The molecule has 1 aliphatic carbocycles. The SMILES string of the molecule is COC(=O)C[C@H](C(=O)OC)[C@H](NC(=O)CC1CCCC1)C(=O)OC. The number of hydrogen-bond acceptors (Lipinski definition) is 7. The van der Waals surface area contributed by atoms with E-state index in [1.54, 1.807) is 0 Å². The highest BCUT2D eigenvalue weighted by Crippen LogP contribution is 2.27. The minimum absolute atomic E-state index is 0.277. The number of carbonyl (C=O) groups is 4. The summed E-state index contributed by atoms with van der Waals surface area (Å²) in [5.74, 6) is -3.57. The summed E-state index contributed by atoms with van der Waals surface area (Å²) in [6.07, 6.45) is 4.00. The van der Waals surface area contributed by atoms with E-state index in [-0.39, 0.29) is 18.2 Å². The van der Waals surface area contributed by atoms with Gasteiger partial charge >= 0.3 is 17.9 Å². The zero-order chi connectivity index (χ0) is 18.1. The number of rotatable bonds is 8. The second-order valence-corrected chi connectivity index (χ2v) is 5.83. The van der Waals surface area contributed by atoms with Crippen LogP contribution in [0, 0.1) is 11.8 Å². The van der Waals surface area contributed by atoms with Crippen LogP contribution in [0.4, 0.5) is 0 Å². The number of esters is 3. The molecule has 1 fully saturated rings. The van der Waals surface area contributed by atoms with Crippen molar-refractivity contribution >= 4 is 23.8 Å². The van der Waals surface area contributed by atoms with Gasteiger partial charge in [-0.3, -0.25) is 14.4 Å². The van der Waals surface area contributed by atoms with Crippen molar-refractivity contribution in [3.63, 3.8) is 0 Å². The van der Waals surface area contributed by atoms with E-state index in [9.17, 15) is 19.2 Å². The number of ether oxygens (including phenoxy) is 3. The van der Waals surface area contributed by atoms with Crippen molar-refractivity contribution in [2.45, 2.75) is 44.6 Å². The van der Waals surface area contributed by atoms with Crippen molar-refractivity contribution in [2.24, 2.45) is 11.8 Å². The number of nitrogens with one attached hydrogen (secondary N) is 1. The molecule has 1 amide bonds. The predicted octanol–water partition coefficient (Wildman–Crippen LogP) is 0.577. The van der Waals surface area contributed by atoms with Gasteiger partial charge in [-0.25, -0.2) is 4.79 Å². The summed E-state index contributed by atoms with van der Waals surface area (Å²) in [4.78, 5) is 47.7. The van der Waals surface area contributed by atoms with Crippen LogP contribution in [0.1, 0.15) is 38.5 Å². The molecule has 24 heavy (non-hydrogen) atoms. The fraction of sp³-hybridized carbons (Fsp3) is 0.750. The Kier molecular flexibility index (Phi) is 8.21. The lowest BCUT2D eigenvalue weighted by Crippen LogP contribution is -2.50. The molecule has 1 rings (SSSR count). The first-order valence-electron chi connectivity index (χ1n) is 7.94. The van der Waals surface area contributed by atoms with Gasteiger partial charge in [-0.1, -0.05) is 12.8 Å². The van der Waals surface area contributed by atoms with Crippen LogP contribution in [0.2, 0.25) is 0 Å². The lowest BCUT2D eigenvalue weighted by Gasteiger charge is -2.24. The molecule has 2 atom stereocenters. The second-order valence-electron chi connectivity index (χ2n) is 5.83. The lowest BCUT2D eigenvalue weighted by molar-refractivity contribution is -0.159. The largest absolute Gasteiger partial charge is 0.469 e. The fourth-order valence-corrected chi connectivity index (χ4v) is 2.91. The van der Waals surface area contributed by atoms with E-state index in [0.29, 0.717) is 0 Å². The third-order valence-electron chi connectivity index (χ3n) is 4.24. The molecule has 0 unspecified atom stereocenters. The molecule has 8 nitrogen and oxygen atoms in total. The van der Waals surface area contributed by atoms with Crippen LogP contribution >= 0.6 is 0 Å². The zero-order valence-corrected chi connectivity index (χ0v) is 14.3. The minimum Gasteiger partial charge on any atom is -0.469 e. The number of methoxy groups -OCH3 is 3. The summed E-state index contributed by atoms with van der Waals surface area (Å²) < 4.78 is 13.8. The average Bonchev–Trinajstić information content (AvgIpc) is 3.08. The maximum Gasteiger partial charge on any atom is 0.329 e. The quantitative estimate of drug-likeness (QED) is 0.507. The Bertz CT molecular complexity index is 471. The van der Waals surface area contributed by atoms with Gasteiger partial charge in [0.1, 0.15) is 6.04 Å². The fourth-order valence-electron chi connectivity index (χ4n) is 2.91. The Morgan fingerprint density at radius 3 is 2.04 bits per heavy atom. The van der Waals surface area contributed by atoms with E-state index in [2.05, 4.69) is 19.5 Å². The zero-order valence-electron chi connectivity index (χ0n) is 14.3. The van der Waals surface area contributed by atoms with Gasteiger partial charge in [0.15, 0.2) is 0 Å². The average molecular weight is 343 g/mol. The molecular formula is C16H25NO7. The number of amides is 1. The van der Waals surface area contributed by atoms with E-state index < -0.39 is 36.3 Å². The molecule has 0 aromatic rings. The molecular weight excluding hydrogens is 318 g/mol. The molecule has 1 N–H and O–H groups in total. The van der Waals surface area contributed by atoms with E-state index in [4.69, 9.17) is 0 Å². The van der Waals surface area contributed by atoms with Gasteiger partial charge in [-0.05, 0) is 18.8 Å². The van der Waals surface area contributed by atoms with Crippen molar-refractivity contribution in [2.75, 3.05) is 21.3 Å². The Morgan fingerprint density at radius 2 is 1.54 bits per heavy atom. The third kappa shape index (κ3) is 5.82.